The highest BCUT2D eigenvalue weighted by molar-refractivity contribution is 7.80. The van der Waals surface area contributed by atoms with Gasteiger partial charge in [0, 0.05) is 38.3 Å². The van der Waals surface area contributed by atoms with Crippen LogP contribution in [0.5, 0.6) is 0 Å². The molecule has 0 spiro atoms. The summed E-state index contributed by atoms with van der Waals surface area (Å²) in [5, 5.41) is 6.58. The van der Waals surface area contributed by atoms with Crippen molar-refractivity contribution in [3.63, 3.8) is 0 Å². The number of ether oxygens (including phenoxy) is 2. The summed E-state index contributed by atoms with van der Waals surface area (Å²) in [4.78, 5) is 28.0. The minimum atomic E-state index is -0.514. The number of nitrogens with zero attached hydrogens (tertiary/aromatic N) is 2. The Morgan fingerprint density at radius 1 is 0.929 bits per heavy atom. The molecule has 0 saturated carbocycles. The van der Waals surface area contributed by atoms with Crippen molar-refractivity contribution in [2.75, 3.05) is 26.2 Å². The second-order valence-electron chi connectivity index (χ2n) is 9.34. The highest BCUT2D eigenvalue weighted by Gasteiger charge is 2.43. The lowest BCUT2D eigenvalue weighted by atomic mass is 10.2. The number of fused-ring (bicyclic) bond motifs is 2. The van der Waals surface area contributed by atoms with E-state index in [4.69, 9.17) is 21.7 Å². The van der Waals surface area contributed by atoms with Crippen LogP contribution >= 0.6 is 12.2 Å². The van der Waals surface area contributed by atoms with E-state index < -0.39 is 17.3 Å². The van der Waals surface area contributed by atoms with Gasteiger partial charge in [0.05, 0.1) is 0 Å². The van der Waals surface area contributed by atoms with Crippen molar-refractivity contribution in [1.82, 2.24) is 20.4 Å². The van der Waals surface area contributed by atoms with E-state index in [1.807, 2.05) is 41.5 Å². The number of piperazine rings is 1. The first-order chi connectivity index (χ1) is 12.9. The molecular formula is C19H34N4O4S. The normalized spacial score (nSPS) is 21.9. The van der Waals surface area contributed by atoms with Gasteiger partial charge in [-0.05, 0) is 66.6 Å². The van der Waals surface area contributed by atoms with E-state index in [1.54, 1.807) is 4.90 Å². The lowest BCUT2D eigenvalue weighted by Gasteiger charge is -2.42. The maximum atomic E-state index is 12.4. The van der Waals surface area contributed by atoms with Crippen molar-refractivity contribution in [2.24, 2.45) is 0 Å². The van der Waals surface area contributed by atoms with E-state index in [1.165, 1.54) is 0 Å². The molecule has 2 amide bonds. The van der Waals surface area contributed by atoms with Crippen LogP contribution in [0.25, 0.3) is 0 Å². The first-order valence-electron chi connectivity index (χ1n) is 9.87. The number of hydrogen-bond acceptors (Lipinski definition) is 5. The summed E-state index contributed by atoms with van der Waals surface area (Å²) >= 11 is 5.56. The second kappa shape index (κ2) is 8.71. The van der Waals surface area contributed by atoms with Gasteiger partial charge in [-0.2, -0.15) is 0 Å². The smallest absolute Gasteiger partial charge is 0.410 e. The molecule has 28 heavy (non-hydrogen) atoms. The zero-order chi connectivity index (χ0) is 21.1. The van der Waals surface area contributed by atoms with Gasteiger partial charge in [-0.1, -0.05) is 0 Å². The first-order valence-corrected chi connectivity index (χ1v) is 10.3. The molecule has 160 valence electrons. The van der Waals surface area contributed by atoms with E-state index >= 15 is 0 Å². The number of alkyl carbamates (subject to hydrolysis) is 1. The predicted molar refractivity (Wildman–Crippen MR) is 111 cm³/mol. The van der Waals surface area contributed by atoms with Crippen LogP contribution < -0.4 is 10.6 Å². The van der Waals surface area contributed by atoms with Gasteiger partial charge in [0.1, 0.15) is 11.2 Å². The van der Waals surface area contributed by atoms with Crippen molar-refractivity contribution in [2.45, 2.75) is 77.7 Å². The molecule has 2 atom stereocenters. The second-order valence-corrected chi connectivity index (χ2v) is 9.72. The Hall–Kier alpha value is -1.77. The minimum absolute atomic E-state index is 0.199. The molecule has 0 radical (unpaired) electrons. The molecule has 2 N–H and O–H groups in total. The molecule has 0 aliphatic carbocycles. The summed E-state index contributed by atoms with van der Waals surface area (Å²) in [7, 11) is 0. The summed E-state index contributed by atoms with van der Waals surface area (Å²) in [6, 6.07) is 0.398. The number of likely N-dealkylation sites (tertiary alicyclic amines) is 1. The average Bonchev–Trinajstić information content (AvgIpc) is 2.78. The molecule has 2 aliphatic heterocycles. The third-order valence-corrected chi connectivity index (χ3v) is 4.79. The molecule has 0 aromatic rings. The van der Waals surface area contributed by atoms with E-state index in [0.717, 1.165) is 12.8 Å². The van der Waals surface area contributed by atoms with Gasteiger partial charge < -0.3 is 29.9 Å². The van der Waals surface area contributed by atoms with Crippen LogP contribution in [-0.4, -0.2) is 76.6 Å². The number of rotatable bonds is 3. The van der Waals surface area contributed by atoms with Crippen LogP contribution in [-0.2, 0) is 9.47 Å². The van der Waals surface area contributed by atoms with E-state index in [9.17, 15) is 9.59 Å². The highest BCUT2D eigenvalue weighted by Crippen LogP contribution is 2.31. The Labute approximate surface area is 173 Å². The fraction of sp³-hybridized carbons (Fsp3) is 0.842. The van der Waals surface area contributed by atoms with Crippen molar-refractivity contribution < 1.29 is 19.1 Å². The largest absolute Gasteiger partial charge is 0.444 e. The van der Waals surface area contributed by atoms with Gasteiger partial charge in [-0.25, -0.2) is 9.59 Å². The Kier molecular flexibility index (Phi) is 7.01. The molecule has 2 aliphatic rings. The standard InChI is InChI=1S/C19H34N4O4S/c1-18(2,3)26-16(24)21-10-9-20-15(28)23-13-7-8-14(23)12-22(11-13)17(25)27-19(4,5)6/h13-14H,7-12H2,1-6H3,(H,20,28)(H,21,24). The third-order valence-electron chi connectivity index (χ3n) is 4.44. The lowest BCUT2D eigenvalue weighted by Crippen LogP contribution is -2.60. The average molecular weight is 415 g/mol. The molecule has 2 heterocycles. The summed E-state index contributed by atoms with van der Waals surface area (Å²) in [5.74, 6) is 0. The summed E-state index contributed by atoms with van der Waals surface area (Å²) in [6.07, 6.45) is 1.31. The molecule has 2 saturated heterocycles. The fourth-order valence-corrected chi connectivity index (χ4v) is 3.85. The lowest BCUT2D eigenvalue weighted by molar-refractivity contribution is 0.0107. The molecule has 2 rings (SSSR count). The number of thiocarbonyl (C=S) groups is 1. The predicted octanol–water partition coefficient (Wildman–Crippen LogP) is 2.47. The Morgan fingerprint density at radius 3 is 1.93 bits per heavy atom. The van der Waals surface area contributed by atoms with Gasteiger partial charge in [-0.3, -0.25) is 0 Å². The molecule has 2 unspecified atom stereocenters. The number of carbonyl (C=O) groups excluding carboxylic acids is 2. The first kappa shape index (κ1) is 22.5. The summed E-state index contributed by atoms with van der Waals surface area (Å²) in [5.41, 5.74) is -1.01. The molecule has 0 aromatic heterocycles. The van der Waals surface area contributed by atoms with Crippen molar-refractivity contribution in [3.05, 3.63) is 0 Å². The Morgan fingerprint density at radius 2 is 1.43 bits per heavy atom. The number of nitrogens with one attached hydrogen (secondary N) is 2. The summed E-state index contributed by atoms with van der Waals surface area (Å²) < 4.78 is 10.7. The van der Waals surface area contributed by atoms with E-state index in [0.29, 0.717) is 31.3 Å². The molecule has 0 aromatic carbocycles. The van der Waals surface area contributed by atoms with Crippen molar-refractivity contribution in [1.29, 1.82) is 0 Å². The fourth-order valence-electron chi connectivity index (χ4n) is 3.45. The zero-order valence-corrected chi connectivity index (χ0v) is 18.6. The van der Waals surface area contributed by atoms with Crippen LogP contribution in [0.2, 0.25) is 0 Å². The minimum Gasteiger partial charge on any atom is -0.444 e. The molecule has 2 bridgehead atoms. The van der Waals surface area contributed by atoms with Gasteiger partial charge in [0.25, 0.3) is 0 Å². The molecule has 9 heteroatoms. The molecule has 8 nitrogen and oxygen atoms in total. The Bertz CT molecular complexity index is 586. The van der Waals surface area contributed by atoms with Crippen LogP contribution in [0.4, 0.5) is 9.59 Å². The van der Waals surface area contributed by atoms with E-state index in [2.05, 4.69) is 15.5 Å². The van der Waals surface area contributed by atoms with Crippen LogP contribution in [0.3, 0.4) is 0 Å². The Balaban J connectivity index is 1.77. The van der Waals surface area contributed by atoms with E-state index in [-0.39, 0.29) is 18.2 Å². The van der Waals surface area contributed by atoms with Crippen molar-refractivity contribution in [3.8, 4) is 0 Å². The van der Waals surface area contributed by atoms with Crippen LogP contribution in [0, 0.1) is 0 Å². The van der Waals surface area contributed by atoms with Gasteiger partial charge in [-0.15, -0.1) is 0 Å². The molecule has 2 fully saturated rings. The van der Waals surface area contributed by atoms with Gasteiger partial charge in [0.15, 0.2) is 5.11 Å². The highest BCUT2D eigenvalue weighted by atomic mass is 32.1. The SMILES string of the molecule is CC(C)(C)OC(=O)NCCNC(=S)N1C2CCC1CN(C(=O)OC(C)(C)C)C2. The summed E-state index contributed by atoms with van der Waals surface area (Å²) in [6.45, 7) is 13.3. The maximum Gasteiger partial charge on any atom is 0.410 e. The quantitative estimate of drug-likeness (QED) is 0.542. The van der Waals surface area contributed by atoms with Crippen LogP contribution in [0.1, 0.15) is 54.4 Å². The molecular weight excluding hydrogens is 380 g/mol. The topological polar surface area (TPSA) is 83.1 Å². The zero-order valence-electron chi connectivity index (χ0n) is 17.8. The monoisotopic (exact) mass is 414 g/mol. The number of hydrogen-bond donors (Lipinski definition) is 2. The van der Waals surface area contributed by atoms with Crippen molar-refractivity contribution >= 4 is 29.5 Å². The maximum absolute atomic E-state index is 12.4. The number of carbonyl (C=O) groups is 2. The third kappa shape index (κ3) is 6.68. The van der Waals surface area contributed by atoms with Crippen LogP contribution in [0.15, 0.2) is 0 Å². The number of amides is 2. The van der Waals surface area contributed by atoms with Gasteiger partial charge >= 0.3 is 12.2 Å². The van der Waals surface area contributed by atoms with Gasteiger partial charge in [0.2, 0.25) is 0 Å².